The van der Waals surface area contributed by atoms with Crippen molar-refractivity contribution < 1.29 is 14.4 Å². The molecule has 0 saturated carbocycles. The molecule has 0 spiro atoms. The molecule has 0 aliphatic carbocycles. The standard InChI is InChI=1S/C13H20BN3O3/c1-12(2)13(3,4)20-14(19-12)9(8-18)7-10-5-6-11(15)17-16-10/h5-7,18H,8H2,1-4H3,(H2,15,17). The second-order valence-corrected chi connectivity index (χ2v) is 5.85. The Balaban J connectivity index is 2.24. The zero-order chi connectivity index (χ0) is 15.0. The number of nitrogens with two attached hydrogens (primary N) is 1. The summed E-state index contributed by atoms with van der Waals surface area (Å²) in [7, 11) is -0.593. The maximum absolute atomic E-state index is 9.54. The van der Waals surface area contributed by atoms with E-state index in [0.717, 1.165) is 0 Å². The number of rotatable bonds is 3. The van der Waals surface area contributed by atoms with E-state index in [4.69, 9.17) is 15.0 Å². The summed E-state index contributed by atoms with van der Waals surface area (Å²) >= 11 is 0. The molecule has 1 fully saturated rings. The number of anilines is 1. The van der Waals surface area contributed by atoms with Gasteiger partial charge in [0.15, 0.2) is 0 Å². The van der Waals surface area contributed by atoms with Gasteiger partial charge in [0, 0.05) is 0 Å². The van der Waals surface area contributed by atoms with Gasteiger partial charge in [-0.25, -0.2) is 0 Å². The fourth-order valence-electron chi connectivity index (χ4n) is 1.80. The summed E-state index contributed by atoms with van der Waals surface area (Å²) in [6, 6.07) is 3.38. The third-order valence-electron chi connectivity index (χ3n) is 3.78. The normalized spacial score (nSPS) is 21.2. The number of aromatic nitrogens is 2. The predicted octanol–water partition coefficient (Wildman–Crippen LogP) is 1.07. The molecule has 3 N–H and O–H groups in total. The summed E-state index contributed by atoms with van der Waals surface area (Å²) in [4.78, 5) is 0. The largest absolute Gasteiger partial charge is 0.492 e. The molecule has 108 valence electrons. The third kappa shape index (κ3) is 2.84. The highest BCUT2D eigenvalue weighted by atomic mass is 16.7. The van der Waals surface area contributed by atoms with E-state index in [-0.39, 0.29) is 6.61 Å². The number of aliphatic hydroxyl groups excluding tert-OH is 1. The predicted molar refractivity (Wildman–Crippen MR) is 77.6 cm³/mol. The van der Waals surface area contributed by atoms with Crippen LogP contribution in [0.3, 0.4) is 0 Å². The first-order valence-electron chi connectivity index (χ1n) is 6.51. The van der Waals surface area contributed by atoms with E-state index >= 15 is 0 Å². The molecule has 0 atom stereocenters. The molecule has 0 radical (unpaired) electrons. The van der Waals surface area contributed by atoms with Gasteiger partial charge in [0.2, 0.25) is 0 Å². The Hall–Kier alpha value is -1.44. The van der Waals surface area contributed by atoms with Crippen LogP contribution in [0.5, 0.6) is 0 Å². The molecule has 1 aliphatic heterocycles. The van der Waals surface area contributed by atoms with E-state index in [0.29, 0.717) is 17.0 Å². The van der Waals surface area contributed by atoms with Crippen molar-refractivity contribution in [2.45, 2.75) is 38.9 Å². The van der Waals surface area contributed by atoms with Crippen molar-refractivity contribution in [1.82, 2.24) is 10.2 Å². The van der Waals surface area contributed by atoms with Gasteiger partial charge in [0.25, 0.3) is 0 Å². The molecule has 0 amide bonds. The molecular formula is C13H20BN3O3. The molecule has 1 saturated heterocycles. The average molecular weight is 277 g/mol. The number of nitrogen functional groups attached to an aromatic ring is 1. The third-order valence-corrected chi connectivity index (χ3v) is 3.78. The Morgan fingerprint density at radius 3 is 2.30 bits per heavy atom. The molecule has 20 heavy (non-hydrogen) atoms. The van der Waals surface area contributed by atoms with E-state index in [2.05, 4.69) is 10.2 Å². The highest BCUT2D eigenvalue weighted by Crippen LogP contribution is 2.38. The monoisotopic (exact) mass is 277 g/mol. The molecule has 0 bridgehead atoms. The SMILES string of the molecule is CC1(C)OB(C(=Cc2ccc(N)nn2)CO)OC1(C)C. The summed E-state index contributed by atoms with van der Waals surface area (Å²) < 4.78 is 11.8. The molecule has 0 unspecified atom stereocenters. The Bertz CT molecular complexity index is 498. The van der Waals surface area contributed by atoms with Crippen LogP contribution in [-0.2, 0) is 9.31 Å². The minimum absolute atomic E-state index is 0.178. The van der Waals surface area contributed by atoms with Gasteiger partial charge in [0.05, 0.1) is 23.5 Å². The molecule has 7 heteroatoms. The molecule has 6 nitrogen and oxygen atoms in total. The second kappa shape index (κ2) is 5.16. The number of hydrogen-bond donors (Lipinski definition) is 2. The van der Waals surface area contributed by atoms with Crippen LogP contribution < -0.4 is 5.73 Å². The Morgan fingerprint density at radius 1 is 1.25 bits per heavy atom. The van der Waals surface area contributed by atoms with Crippen molar-refractivity contribution in [3.63, 3.8) is 0 Å². The van der Waals surface area contributed by atoms with E-state index in [1.165, 1.54) is 0 Å². The molecule has 1 aromatic heterocycles. The van der Waals surface area contributed by atoms with Crippen molar-refractivity contribution in [1.29, 1.82) is 0 Å². The van der Waals surface area contributed by atoms with Crippen LogP contribution in [0.25, 0.3) is 6.08 Å². The lowest BCUT2D eigenvalue weighted by Crippen LogP contribution is -2.41. The number of hydrogen-bond acceptors (Lipinski definition) is 6. The summed E-state index contributed by atoms with van der Waals surface area (Å²) in [5.74, 6) is 0.350. The second-order valence-electron chi connectivity index (χ2n) is 5.85. The van der Waals surface area contributed by atoms with Gasteiger partial charge in [-0.3, -0.25) is 0 Å². The first-order chi connectivity index (χ1) is 9.25. The lowest BCUT2D eigenvalue weighted by Gasteiger charge is -2.32. The first kappa shape index (κ1) is 15.0. The summed E-state index contributed by atoms with van der Waals surface area (Å²) in [5, 5.41) is 17.2. The quantitative estimate of drug-likeness (QED) is 0.803. The van der Waals surface area contributed by atoms with Crippen molar-refractivity contribution in [3.8, 4) is 0 Å². The van der Waals surface area contributed by atoms with Gasteiger partial charge in [0.1, 0.15) is 5.82 Å². The van der Waals surface area contributed by atoms with E-state index in [1.54, 1.807) is 18.2 Å². The molecule has 0 aromatic carbocycles. The smallest absolute Gasteiger partial charge is 0.400 e. The van der Waals surface area contributed by atoms with Gasteiger partial charge in [-0.15, -0.1) is 10.2 Å². The van der Waals surface area contributed by atoms with Crippen LogP contribution in [0.4, 0.5) is 5.82 Å². The topological polar surface area (TPSA) is 90.5 Å². The molecular weight excluding hydrogens is 257 g/mol. The van der Waals surface area contributed by atoms with E-state index in [1.807, 2.05) is 27.7 Å². The van der Waals surface area contributed by atoms with Gasteiger partial charge < -0.3 is 20.1 Å². The van der Waals surface area contributed by atoms with Crippen molar-refractivity contribution >= 4 is 19.0 Å². The van der Waals surface area contributed by atoms with Crippen molar-refractivity contribution in [2.24, 2.45) is 0 Å². The highest BCUT2D eigenvalue weighted by Gasteiger charge is 2.52. The molecule has 2 heterocycles. The number of nitrogens with zero attached hydrogens (tertiary/aromatic N) is 2. The first-order valence-corrected chi connectivity index (χ1v) is 6.51. The van der Waals surface area contributed by atoms with Crippen LogP contribution in [0, 0.1) is 0 Å². The lowest BCUT2D eigenvalue weighted by molar-refractivity contribution is 0.00578. The minimum Gasteiger partial charge on any atom is -0.400 e. The Kier molecular flexibility index (Phi) is 3.86. The number of aliphatic hydroxyl groups is 1. The van der Waals surface area contributed by atoms with Crippen LogP contribution in [0.2, 0.25) is 0 Å². The summed E-state index contributed by atoms with van der Waals surface area (Å²) in [5.41, 5.74) is 5.79. The maximum atomic E-state index is 9.54. The highest BCUT2D eigenvalue weighted by molar-refractivity contribution is 6.55. The maximum Gasteiger partial charge on any atom is 0.492 e. The fraction of sp³-hybridized carbons (Fsp3) is 0.538. The van der Waals surface area contributed by atoms with E-state index in [9.17, 15) is 5.11 Å². The van der Waals surface area contributed by atoms with E-state index < -0.39 is 18.3 Å². The van der Waals surface area contributed by atoms with Crippen LogP contribution in [0.15, 0.2) is 17.6 Å². The van der Waals surface area contributed by atoms with Crippen LogP contribution >= 0.6 is 0 Å². The van der Waals surface area contributed by atoms with Crippen molar-refractivity contribution in [2.75, 3.05) is 12.3 Å². The Morgan fingerprint density at radius 2 is 1.85 bits per heavy atom. The summed E-state index contributed by atoms with van der Waals surface area (Å²) in [6.07, 6.45) is 1.70. The van der Waals surface area contributed by atoms with Crippen LogP contribution in [-0.4, -0.2) is 40.2 Å². The zero-order valence-corrected chi connectivity index (χ0v) is 12.3. The van der Waals surface area contributed by atoms with Gasteiger partial charge in [-0.2, -0.15) is 0 Å². The van der Waals surface area contributed by atoms with Crippen molar-refractivity contribution in [3.05, 3.63) is 23.3 Å². The minimum atomic E-state index is -0.593. The van der Waals surface area contributed by atoms with Crippen LogP contribution in [0.1, 0.15) is 33.4 Å². The molecule has 2 rings (SSSR count). The molecule has 1 aliphatic rings. The Labute approximate surface area is 119 Å². The van der Waals surface area contributed by atoms with Gasteiger partial charge in [-0.05, 0) is 51.4 Å². The van der Waals surface area contributed by atoms with Gasteiger partial charge in [-0.1, -0.05) is 0 Å². The zero-order valence-electron chi connectivity index (χ0n) is 12.3. The summed E-state index contributed by atoms with van der Waals surface area (Å²) in [6.45, 7) is 7.68. The van der Waals surface area contributed by atoms with Gasteiger partial charge >= 0.3 is 7.12 Å². The average Bonchev–Trinajstić information content (AvgIpc) is 2.57. The fourth-order valence-corrected chi connectivity index (χ4v) is 1.80. The lowest BCUT2D eigenvalue weighted by atomic mass is 9.78. The molecule has 1 aromatic rings.